The van der Waals surface area contributed by atoms with Gasteiger partial charge in [0.15, 0.2) is 11.5 Å². The van der Waals surface area contributed by atoms with E-state index in [1.54, 1.807) is 21.3 Å². The maximum Gasteiger partial charge on any atom is 0.203 e. The van der Waals surface area contributed by atoms with Gasteiger partial charge in [-0.2, -0.15) is 0 Å². The highest BCUT2D eigenvalue weighted by Gasteiger charge is 2.35. The normalized spacial score (nSPS) is 17.6. The van der Waals surface area contributed by atoms with Crippen LogP contribution in [-0.4, -0.2) is 21.3 Å². The largest absolute Gasteiger partial charge is 0.493 e. The van der Waals surface area contributed by atoms with Crippen LogP contribution in [0.4, 0.5) is 0 Å². The van der Waals surface area contributed by atoms with Gasteiger partial charge in [0, 0.05) is 11.1 Å². The molecule has 2 N–H and O–H groups in total. The summed E-state index contributed by atoms with van der Waals surface area (Å²) >= 11 is 0. The van der Waals surface area contributed by atoms with E-state index in [-0.39, 0.29) is 5.54 Å². The van der Waals surface area contributed by atoms with E-state index in [0.29, 0.717) is 17.2 Å². The topological polar surface area (TPSA) is 53.7 Å². The summed E-state index contributed by atoms with van der Waals surface area (Å²) in [5.74, 6) is 1.98. The summed E-state index contributed by atoms with van der Waals surface area (Å²) in [4.78, 5) is 0. The van der Waals surface area contributed by atoms with E-state index in [9.17, 15) is 0 Å². The van der Waals surface area contributed by atoms with Crippen molar-refractivity contribution in [3.05, 3.63) is 17.7 Å². The summed E-state index contributed by atoms with van der Waals surface area (Å²) < 4.78 is 16.2. The first kappa shape index (κ1) is 13.0. The Balaban J connectivity index is 2.54. The van der Waals surface area contributed by atoms with Crippen LogP contribution in [0.2, 0.25) is 0 Å². The molecule has 0 radical (unpaired) electrons. The Bertz CT molecular complexity index is 425. The minimum atomic E-state index is -0.301. The molecule has 1 aliphatic carbocycles. The van der Waals surface area contributed by atoms with Crippen LogP contribution in [0.25, 0.3) is 0 Å². The van der Waals surface area contributed by atoms with Crippen LogP contribution >= 0.6 is 0 Å². The molecule has 1 aliphatic rings. The molecule has 1 saturated carbocycles. The predicted octanol–water partition coefficient (Wildman–Crippen LogP) is 2.44. The lowest BCUT2D eigenvalue weighted by molar-refractivity contribution is 0.313. The molecule has 0 aliphatic heterocycles. The first-order valence-corrected chi connectivity index (χ1v) is 6.24. The van der Waals surface area contributed by atoms with Crippen molar-refractivity contribution in [1.82, 2.24) is 0 Å². The van der Waals surface area contributed by atoms with Gasteiger partial charge in [-0.15, -0.1) is 0 Å². The highest BCUT2D eigenvalue weighted by Crippen LogP contribution is 2.47. The second kappa shape index (κ2) is 5.06. The molecule has 18 heavy (non-hydrogen) atoms. The molecule has 0 atom stereocenters. The van der Waals surface area contributed by atoms with Crippen LogP contribution in [0.1, 0.15) is 31.2 Å². The fourth-order valence-electron chi connectivity index (χ4n) is 2.77. The Morgan fingerprint density at radius 3 is 2.06 bits per heavy atom. The van der Waals surface area contributed by atoms with Crippen LogP contribution in [-0.2, 0) is 5.54 Å². The molecule has 0 bridgehead atoms. The Hall–Kier alpha value is -1.42. The van der Waals surface area contributed by atoms with Gasteiger partial charge in [0.2, 0.25) is 5.75 Å². The van der Waals surface area contributed by atoms with E-state index < -0.39 is 0 Å². The summed E-state index contributed by atoms with van der Waals surface area (Å²) in [7, 11) is 4.87. The second-order valence-corrected chi connectivity index (χ2v) is 4.75. The van der Waals surface area contributed by atoms with Gasteiger partial charge in [0.1, 0.15) is 0 Å². The average molecular weight is 251 g/mol. The molecule has 100 valence electrons. The molecule has 0 heterocycles. The van der Waals surface area contributed by atoms with E-state index >= 15 is 0 Å². The van der Waals surface area contributed by atoms with Crippen molar-refractivity contribution in [2.75, 3.05) is 21.3 Å². The first-order valence-electron chi connectivity index (χ1n) is 6.24. The van der Waals surface area contributed by atoms with Gasteiger partial charge in [-0.05, 0) is 25.0 Å². The summed E-state index contributed by atoms with van der Waals surface area (Å²) in [6.45, 7) is 0. The lowest BCUT2D eigenvalue weighted by Gasteiger charge is -2.27. The number of nitrogens with two attached hydrogens (primary N) is 1. The van der Waals surface area contributed by atoms with E-state index in [2.05, 4.69) is 0 Å². The number of methoxy groups -OCH3 is 3. The maximum absolute atomic E-state index is 6.50. The highest BCUT2D eigenvalue weighted by atomic mass is 16.5. The summed E-state index contributed by atoms with van der Waals surface area (Å²) in [5.41, 5.74) is 7.21. The van der Waals surface area contributed by atoms with Crippen LogP contribution < -0.4 is 19.9 Å². The van der Waals surface area contributed by atoms with Gasteiger partial charge < -0.3 is 19.9 Å². The van der Waals surface area contributed by atoms with Crippen LogP contribution in [0.3, 0.4) is 0 Å². The molecule has 1 aromatic carbocycles. The molecule has 0 aromatic heterocycles. The molecule has 2 rings (SSSR count). The standard InChI is InChI=1S/C14H21NO3/c1-16-11-7-6-10(12(17-2)13(11)18-3)14(15)8-4-5-9-14/h6-7H,4-5,8-9,15H2,1-3H3. The molecule has 0 amide bonds. The number of hydrogen-bond acceptors (Lipinski definition) is 4. The maximum atomic E-state index is 6.50. The van der Waals surface area contributed by atoms with Crippen molar-refractivity contribution in [2.24, 2.45) is 5.73 Å². The number of benzene rings is 1. The molecular weight excluding hydrogens is 230 g/mol. The SMILES string of the molecule is COc1ccc(C2(N)CCCC2)c(OC)c1OC. The van der Waals surface area contributed by atoms with Crippen molar-refractivity contribution in [3.8, 4) is 17.2 Å². The Morgan fingerprint density at radius 2 is 1.56 bits per heavy atom. The van der Waals surface area contributed by atoms with E-state index in [1.807, 2.05) is 12.1 Å². The monoisotopic (exact) mass is 251 g/mol. The van der Waals surface area contributed by atoms with Crippen molar-refractivity contribution in [2.45, 2.75) is 31.2 Å². The minimum Gasteiger partial charge on any atom is -0.493 e. The molecule has 4 heteroatoms. The average Bonchev–Trinajstić information content (AvgIpc) is 2.84. The van der Waals surface area contributed by atoms with Crippen LogP contribution in [0, 0.1) is 0 Å². The fraction of sp³-hybridized carbons (Fsp3) is 0.571. The summed E-state index contributed by atoms with van der Waals surface area (Å²) in [6.07, 6.45) is 4.29. The van der Waals surface area contributed by atoms with Gasteiger partial charge in [0.05, 0.1) is 21.3 Å². The molecule has 0 saturated heterocycles. The second-order valence-electron chi connectivity index (χ2n) is 4.75. The zero-order valence-corrected chi connectivity index (χ0v) is 11.3. The van der Waals surface area contributed by atoms with Gasteiger partial charge >= 0.3 is 0 Å². The van der Waals surface area contributed by atoms with E-state index in [1.165, 1.54) is 0 Å². The Labute approximate surface area is 108 Å². The van der Waals surface area contributed by atoms with Crippen molar-refractivity contribution < 1.29 is 14.2 Å². The van der Waals surface area contributed by atoms with Crippen molar-refractivity contribution in [1.29, 1.82) is 0 Å². The summed E-state index contributed by atoms with van der Waals surface area (Å²) in [5, 5.41) is 0. The molecule has 1 aromatic rings. The zero-order chi connectivity index (χ0) is 13.2. The van der Waals surface area contributed by atoms with E-state index in [4.69, 9.17) is 19.9 Å². The third kappa shape index (κ3) is 2.01. The van der Waals surface area contributed by atoms with Gasteiger partial charge in [-0.3, -0.25) is 0 Å². The van der Waals surface area contributed by atoms with Gasteiger partial charge in [0.25, 0.3) is 0 Å². The zero-order valence-electron chi connectivity index (χ0n) is 11.3. The lowest BCUT2D eigenvalue weighted by Crippen LogP contribution is -2.33. The quantitative estimate of drug-likeness (QED) is 0.893. The smallest absolute Gasteiger partial charge is 0.203 e. The van der Waals surface area contributed by atoms with E-state index in [0.717, 1.165) is 31.2 Å². The molecule has 1 fully saturated rings. The number of rotatable bonds is 4. The fourth-order valence-corrected chi connectivity index (χ4v) is 2.77. The predicted molar refractivity (Wildman–Crippen MR) is 70.4 cm³/mol. The molecule has 0 spiro atoms. The van der Waals surface area contributed by atoms with Gasteiger partial charge in [-0.25, -0.2) is 0 Å². The first-order chi connectivity index (χ1) is 8.66. The van der Waals surface area contributed by atoms with Crippen LogP contribution in [0.5, 0.6) is 17.2 Å². The third-order valence-electron chi connectivity index (χ3n) is 3.74. The Morgan fingerprint density at radius 1 is 0.944 bits per heavy atom. The third-order valence-corrected chi connectivity index (χ3v) is 3.74. The molecular formula is C14H21NO3. The summed E-state index contributed by atoms with van der Waals surface area (Å²) in [6, 6.07) is 3.88. The van der Waals surface area contributed by atoms with Crippen molar-refractivity contribution >= 4 is 0 Å². The van der Waals surface area contributed by atoms with Gasteiger partial charge in [-0.1, -0.05) is 12.8 Å². The van der Waals surface area contributed by atoms with Crippen LogP contribution in [0.15, 0.2) is 12.1 Å². The highest BCUT2D eigenvalue weighted by molar-refractivity contribution is 5.57. The lowest BCUT2D eigenvalue weighted by atomic mass is 9.88. The van der Waals surface area contributed by atoms with Crippen molar-refractivity contribution in [3.63, 3.8) is 0 Å². The number of hydrogen-bond donors (Lipinski definition) is 1. The molecule has 4 nitrogen and oxygen atoms in total. The number of ether oxygens (including phenoxy) is 3. The molecule has 0 unspecified atom stereocenters. The Kier molecular flexibility index (Phi) is 3.66. The minimum absolute atomic E-state index is 0.301.